The number of nitrogens with one attached hydrogen (secondary N) is 1. The number of amides is 1. The van der Waals surface area contributed by atoms with Crippen molar-refractivity contribution in [3.8, 4) is 22.8 Å². The summed E-state index contributed by atoms with van der Waals surface area (Å²) in [6, 6.07) is 15.2. The van der Waals surface area contributed by atoms with Crippen molar-refractivity contribution in [2.75, 3.05) is 13.7 Å². The fourth-order valence-electron chi connectivity index (χ4n) is 3.49. The number of halogens is 1. The van der Waals surface area contributed by atoms with Gasteiger partial charge in [0.15, 0.2) is 11.0 Å². The second-order valence-corrected chi connectivity index (χ2v) is 9.96. The van der Waals surface area contributed by atoms with E-state index in [0.717, 1.165) is 35.5 Å². The molecule has 0 aliphatic carbocycles. The summed E-state index contributed by atoms with van der Waals surface area (Å²) >= 11 is 9.45. The predicted octanol–water partition coefficient (Wildman–Crippen LogP) is 6.27. The lowest BCUT2D eigenvalue weighted by molar-refractivity contribution is 0.0948. The molecule has 0 fully saturated rings. The van der Waals surface area contributed by atoms with Crippen LogP contribution in [0.15, 0.2) is 59.1 Å². The number of hydrogen-bond donors (Lipinski definition) is 1. The molecule has 1 N–H and O–H groups in total. The van der Waals surface area contributed by atoms with Gasteiger partial charge in [0.05, 0.1) is 23.6 Å². The number of carbonyl (C=O) groups excluding carboxylic acids is 1. The summed E-state index contributed by atoms with van der Waals surface area (Å²) in [6.45, 7) is 2.80. The summed E-state index contributed by atoms with van der Waals surface area (Å²) in [5.41, 5.74) is 2.03. The molecule has 0 saturated carbocycles. The number of ether oxygens (including phenoxy) is 1. The van der Waals surface area contributed by atoms with Crippen LogP contribution in [0.1, 0.15) is 41.7 Å². The first-order valence-corrected chi connectivity index (χ1v) is 13.6. The van der Waals surface area contributed by atoms with E-state index in [-0.39, 0.29) is 5.91 Å². The molecule has 182 valence electrons. The number of hydrogen-bond acceptors (Lipinski definition) is 7. The van der Waals surface area contributed by atoms with Crippen LogP contribution in [0.5, 0.6) is 5.75 Å². The van der Waals surface area contributed by atoms with Gasteiger partial charge >= 0.3 is 0 Å². The normalized spacial score (nSPS) is 10.9. The van der Waals surface area contributed by atoms with Crippen LogP contribution in [-0.2, 0) is 5.75 Å². The molecule has 4 rings (SSSR count). The largest absolute Gasteiger partial charge is 0.495 e. The summed E-state index contributed by atoms with van der Waals surface area (Å²) in [7, 11) is 1.63. The van der Waals surface area contributed by atoms with E-state index < -0.39 is 0 Å². The minimum Gasteiger partial charge on any atom is -0.495 e. The molecule has 0 spiro atoms. The van der Waals surface area contributed by atoms with Gasteiger partial charge in [-0.2, -0.15) is 0 Å². The highest BCUT2D eigenvalue weighted by Crippen LogP contribution is 2.36. The van der Waals surface area contributed by atoms with Crippen LogP contribution in [-0.4, -0.2) is 39.3 Å². The lowest BCUT2D eigenvalue weighted by atomic mass is 10.2. The minimum absolute atomic E-state index is 0.133. The Bertz CT molecular complexity index is 1290. The summed E-state index contributed by atoms with van der Waals surface area (Å²) in [6.07, 6.45) is 3.19. The Morgan fingerprint density at radius 1 is 1.14 bits per heavy atom. The first-order chi connectivity index (χ1) is 17.1. The SMILES string of the molecule is CCCCCNC(=O)c1csc(CSc2nnc(-c3ccccc3Cl)n2-c2ccccc2OC)n1. The number of aromatic nitrogens is 4. The number of methoxy groups -OCH3 is 1. The smallest absolute Gasteiger partial charge is 0.270 e. The van der Waals surface area contributed by atoms with E-state index in [1.807, 2.05) is 53.1 Å². The Labute approximate surface area is 217 Å². The summed E-state index contributed by atoms with van der Waals surface area (Å²) < 4.78 is 7.56. The molecule has 10 heteroatoms. The fraction of sp³-hybridized carbons (Fsp3) is 0.280. The molecule has 0 bridgehead atoms. The van der Waals surface area contributed by atoms with Crippen LogP contribution >= 0.6 is 34.7 Å². The number of para-hydroxylation sites is 2. The third-order valence-electron chi connectivity index (χ3n) is 5.25. The molecular formula is C25H26ClN5O2S2. The number of unbranched alkanes of at least 4 members (excludes halogenated alkanes) is 2. The van der Waals surface area contributed by atoms with Crippen LogP contribution < -0.4 is 10.1 Å². The van der Waals surface area contributed by atoms with E-state index in [4.69, 9.17) is 16.3 Å². The maximum atomic E-state index is 12.4. The van der Waals surface area contributed by atoms with Gasteiger partial charge in [0.25, 0.3) is 5.91 Å². The molecule has 1 amide bonds. The summed E-state index contributed by atoms with van der Waals surface area (Å²) in [4.78, 5) is 16.9. The number of thiazole rings is 1. The summed E-state index contributed by atoms with van der Waals surface area (Å²) in [5, 5.41) is 15.7. The van der Waals surface area contributed by atoms with Crippen molar-refractivity contribution in [2.24, 2.45) is 0 Å². The van der Waals surface area contributed by atoms with Crippen molar-refractivity contribution in [3.63, 3.8) is 0 Å². The molecule has 2 aromatic heterocycles. The van der Waals surface area contributed by atoms with Crippen LogP contribution in [0.3, 0.4) is 0 Å². The number of thioether (sulfide) groups is 1. The van der Waals surface area contributed by atoms with E-state index in [9.17, 15) is 4.79 Å². The standard InChI is InChI=1S/C25H26ClN5O2S2/c1-3-4-9-14-27-24(32)19-15-34-22(28-19)16-35-25-30-29-23(17-10-5-6-11-18(17)26)31(25)20-12-7-8-13-21(20)33-2/h5-8,10-13,15H,3-4,9,14,16H2,1-2H3,(H,27,32). The van der Waals surface area contributed by atoms with Gasteiger partial charge in [-0.1, -0.05) is 67.4 Å². The van der Waals surface area contributed by atoms with Crippen LogP contribution in [0.25, 0.3) is 17.1 Å². The van der Waals surface area contributed by atoms with Crippen molar-refractivity contribution in [1.82, 2.24) is 25.1 Å². The Hall–Kier alpha value is -2.88. The number of benzene rings is 2. The molecule has 4 aromatic rings. The van der Waals surface area contributed by atoms with Gasteiger partial charge < -0.3 is 10.1 Å². The Morgan fingerprint density at radius 2 is 1.94 bits per heavy atom. The van der Waals surface area contributed by atoms with Gasteiger partial charge in [-0.05, 0) is 30.7 Å². The molecule has 2 heterocycles. The van der Waals surface area contributed by atoms with E-state index in [1.54, 1.807) is 12.5 Å². The first-order valence-electron chi connectivity index (χ1n) is 11.3. The molecule has 35 heavy (non-hydrogen) atoms. The quantitative estimate of drug-likeness (QED) is 0.183. The van der Waals surface area contributed by atoms with Gasteiger partial charge in [-0.3, -0.25) is 9.36 Å². The van der Waals surface area contributed by atoms with Crippen molar-refractivity contribution < 1.29 is 9.53 Å². The molecule has 0 atom stereocenters. The zero-order chi connectivity index (χ0) is 24.6. The van der Waals surface area contributed by atoms with Crippen molar-refractivity contribution >= 4 is 40.6 Å². The zero-order valence-electron chi connectivity index (χ0n) is 19.5. The minimum atomic E-state index is -0.133. The zero-order valence-corrected chi connectivity index (χ0v) is 21.9. The number of nitrogens with zero attached hydrogens (tertiary/aromatic N) is 4. The third kappa shape index (κ3) is 6.04. The predicted molar refractivity (Wildman–Crippen MR) is 142 cm³/mol. The van der Waals surface area contributed by atoms with Crippen LogP contribution in [0, 0.1) is 0 Å². The Balaban J connectivity index is 1.58. The Morgan fingerprint density at radius 3 is 2.74 bits per heavy atom. The second-order valence-electron chi connectivity index (χ2n) is 7.67. The number of carbonyl (C=O) groups is 1. The van der Waals surface area contributed by atoms with Crippen molar-refractivity contribution in [3.05, 3.63) is 69.6 Å². The van der Waals surface area contributed by atoms with Gasteiger partial charge in [-0.15, -0.1) is 21.5 Å². The fourth-order valence-corrected chi connectivity index (χ4v) is 5.44. The van der Waals surface area contributed by atoms with Crippen molar-refractivity contribution in [2.45, 2.75) is 37.1 Å². The third-order valence-corrected chi connectivity index (χ3v) is 7.55. The topological polar surface area (TPSA) is 81.9 Å². The molecule has 7 nitrogen and oxygen atoms in total. The highest BCUT2D eigenvalue weighted by atomic mass is 35.5. The van der Waals surface area contributed by atoms with E-state index in [0.29, 0.717) is 39.7 Å². The first kappa shape index (κ1) is 25.2. The maximum absolute atomic E-state index is 12.4. The molecule has 0 aliphatic heterocycles. The highest BCUT2D eigenvalue weighted by molar-refractivity contribution is 7.98. The lowest BCUT2D eigenvalue weighted by Gasteiger charge is -2.14. The van der Waals surface area contributed by atoms with Gasteiger partial charge in [0.2, 0.25) is 0 Å². The van der Waals surface area contributed by atoms with Gasteiger partial charge in [0.1, 0.15) is 16.5 Å². The Kier molecular flexibility index (Phi) is 8.79. The maximum Gasteiger partial charge on any atom is 0.270 e. The monoisotopic (exact) mass is 527 g/mol. The van der Waals surface area contributed by atoms with Crippen molar-refractivity contribution in [1.29, 1.82) is 0 Å². The van der Waals surface area contributed by atoms with E-state index in [2.05, 4.69) is 27.4 Å². The van der Waals surface area contributed by atoms with Crippen LogP contribution in [0.2, 0.25) is 5.02 Å². The van der Waals surface area contributed by atoms with E-state index >= 15 is 0 Å². The van der Waals surface area contributed by atoms with Gasteiger partial charge in [0, 0.05) is 17.5 Å². The average Bonchev–Trinajstić information content (AvgIpc) is 3.53. The number of rotatable bonds is 11. The molecule has 2 aromatic carbocycles. The second kappa shape index (κ2) is 12.2. The van der Waals surface area contributed by atoms with Crippen LogP contribution in [0.4, 0.5) is 0 Å². The molecule has 0 unspecified atom stereocenters. The molecule has 0 aliphatic rings. The van der Waals surface area contributed by atoms with Gasteiger partial charge in [-0.25, -0.2) is 4.98 Å². The summed E-state index contributed by atoms with van der Waals surface area (Å²) in [5.74, 6) is 1.73. The average molecular weight is 528 g/mol. The molecule has 0 saturated heterocycles. The highest BCUT2D eigenvalue weighted by Gasteiger charge is 2.21. The van der Waals surface area contributed by atoms with E-state index in [1.165, 1.54) is 23.1 Å². The molecular weight excluding hydrogens is 502 g/mol. The lowest BCUT2D eigenvalue weighted by Crippen LogP contribution is -2.24. The molecule has 0 radical (unpaired) electrons.